The molecule has 1 atom stereocenters. The molecule has 1 fully saturated rings. The zero-order chi connectivity index (χ0) is 15.1. The molecule has 0 radical (unpaired) electrons. The van der Waals surface area contributed by atoms with Crippen molar-refractivity contribution in [1.82, 2.24) is 4.31 Å². The summed E-state index contributed by atoms with van der Waals surface area (Å²) in [7, 11) is -3.81. The van der Waals surface area contributed by atoms with Crippen molar-refractivity contribution in [2.24, 2.45) is 0 Å². The first-order chi connectivity index (χ1) is 9.25. The fourth-order valence-corrected chi connectivity index (χ4v) is 4.60. The number of aryl methyl sites for hydroxylation is 2. The molecular weight excluding hydrogens is 302 g/mol. The van der Waals surface area contributed by atoms with Crippen molar-refractivity contribution in [3.63, 3.8) is 0 Å². The fourth-order valence-electron chi connectivity index (χ4n) is 2.43. The first-order valence-corrected chi connectivity index (χ1v) is 8.08. The van der Waals surface area contributed by atoms with E-state index in [1.165, 1.54) is 6.07 Å². The Morgan fingerprint density at radius 1 is 1.35 bits per heavy atom. The number of sulfonamides is 1. The number of carboxylic acid groups (broad SMARTS) is 1. The number of halogens is 1. The second-order valence-electron chi connectivity index (χ2n) is 4.98. The second-order valence-corrected chi connectivity index (χ2v) is 7.25. The van der Waals surface area contributed by atoms with Crippen LogP contribution in [0.25, 0.3) is 0 Å². The summed E-state index contributed by atoms with van der Waals surface area (Å²) in [4.78, 5) is 11.3. The Balaban J connectivity index is 2.50. The minimum atomic E-state index is -3.81. The van der Waals surface area contributed by atoms with Gasteiger partial charge in [-0.2, -0.15) is 4.31 Å². The Hall–Kier alpha value is -1.11. The predicted octanol–water partition coefficient (Wildman–Crippen LogP) is 2.19. The maximum atomic E-state index is 12.7. The van der Waals surface area contributed by atoms with Crippen LogP contribution in [-0.4, -0.2) is 36.4 Å². The molecule has 1 aliphatic heterocycles. The van der Waals surface area contributed by atoms with Gasteiger partial charge in [0.05, 0.1) is 4.90 Å². The summed E-state index contributed by atoms with van der Waals surface area (Å²) in [6, 6.07) is 2.12. The van der Waals surface area contributed by atoms with Gasteiger partial charge in [0.15, 0.2) is 0 Å². The molecule has 1 heterocycles. The van der Waals surface area contributed by atoms with E-state index in [9.17, 15) is 13.2 Å². The van der Waals surface area contributed by atoms with E-state index < -0.39 is 22.0 Å². The molecule has 1 saturated heterocycles. The third-order valence-corrected chi connectivity index (χ3v) is 5.99. The van der Waals surface area contributed by atoms with Gasteiger partial charge in [-0.15, -0.1) is 0 Å². The highest BCUT2D eigenvalue weighted by atomic mass is 35.5. The van der Waals surface area contributed by atoms with E-state index in [2.05, 4.69) is 0 Å². The third kappa shape index (κ3) is 2.55. The molecule has 0 aromatic heterocycles. The number of hydrogen-bond donors (Lipinski definition) is 1. The molecule has 1 unspecified atom stereocenters. The first kappa shape index (κ1) is 15.3. The van der Waals surface area contributed by atoms with Gasteiger partial charge >= 0.3 is 5.97 Å². The Bertz CT molecular complexity index is 657. The lowest BCUT2D eigenvalue weighted by Gasteiger charge is -2.22. The molecule has 110 valence electrons. The minimum Gasteiger partial charge on any atom is -0.480 e. The number of aliphatic carboxylic acids is 1. The SMILES string of the molecule is Cc1cc(S(=O)(=O)N2CCCC2C(=O)O)c(C)cc1Cl. The molecule has 1 aromatic rings. The van der Waals surface area contributed by atoms with Gasteiger partial charge in [-0.25, -0.2) is 8.42 Å². The van der Waals surface area contributed by atoms with Gasteiger partial charge in [-0.1, -0.05) is 11.6 Å². The Kier molecular flexibility index (Phi) is 4.09. The van der Waals surface area contributed by atoms with Crippen LogP contribution in [0.5, 0.6) is 0 Å². The van der Waals surface area contributed by atoms with Crippen LogP contribution in [0.15, 0.2) is 17.0 Å². The van der Waals surface area contributed by atoms with E-state index in [-0.39, 0.29) is 11.4 Å². The van der Waals surface area contributed by atoms with E-state index in [0.29, 0.717) is 29.0 Å². The molecule has 7 heteroatoms. The number of carbonyl (C=O) groups is 1. The summed E-state index contributed by atoms with van der Waals surface area (Å²) in [5, 5.41) is 9.63. The Morgan fingerprint density at radius 2 is 2.00 bits per heavy atom. The molecule has 0 spiro atoms. The number of nitrogens with zero attached hydrogens (tertiary/aromatic N) is 1. The zero-order valence-electron chi connectivity index (χ0n) is 11.3. The van der Waals surface area contributed by atoms with Crippen molar-refractivity contribution in [2.45, 2.75) is 37.6 Å². The summed E-state index contributed by atoms with van der Waals surface area (Å²) in [5.41, 5.74) is 1.18. The highest BCUT2D eigenvalue weighted by Gasteiger charge is 2.40. The standard InChI is InChI=1S/C13H16ClNO4S/c1-8-7-12(9(2)6-10(8)14)20(18,19)15-5-3-4-11(15)13(16)17/h6-7,11H,3-5H2,1-2H3,(H,16,17). The quantitative estimate of drug-likeness (QED) is 0.927. The number of carboxylic acids is 1. The molecule has 5 nitrogen and oxygen atoms in total. The average molecular weight is 318 g/mol. The molecule has 0 amide bonds. The van der Waals surface area contributed by atoms with Crippen LogP contribution in [-0.2, 0) is 14.8 Å². The van der Waals surface area contributed by atoms with Crippen molar-refractivity contribution in [2.75, 3.05) is 6.54 Å². The van der Waals surface area contributed by atoms with Gasteiger partial charge in [0.1, 0.15) is 6.04 Å². The van der Waals surface area contributed by atoms with E-state index in [1.807, 2.05) is 0 Å². The Morgan fingerprint density at radius 3 is 2.60 bits per heavy atom. The van der Waals surface area contributed by atoms with E-state index in [4.69, 9.17) is 16.7 Å². The average Bonchev–Trinajstić information content (AvgIpc) is 2.83. The van der Waals surface area contributed by atoms with E-state index >= 15 is 0 Å². The smallest absolute Gasteiger partial charge is 0.322 e. The summed E-state index contributed by atoms with van der Waals surface area (Å²) >= 11 is 5.97. The van der Waals surface area contributed by atoms with Crippen LogP contribution in [0, 0.1) is 13.8 Å². The lowest BCUT2D eigenvalue weighted by Crippen LogP contribution is -2.40. The van der Waals surface area contributed by atoms with Gasteiger partial charge < -0.3 is 5.11 Å². The number of rotatable bonds is 3. The minimum absolute atomic E-state index is 0.132. The Labute approximate surface area is 123 Å². The van der Waals surface area contributed by atoms with Crippen LogP contribution in [0.1, 0.15) is 24.0 Å². The predicted molar refractivity (Wildman–Crippen MR) is 75.5 cm³/mol. The summed E-state index contributed by atoms with van der Waals surface area (Å²) < 4.78 is 26.4. The zero-order valence-corrected chi connectivity index (χ0v) is 12.8. The lowest BCUT2D eigenvalue weighted by molar-refractivity contribution is -0.140. The van der Waals surface area contributed by atoms with Crippen molar-refractivity contribution < 1.29 is 18.3 Å². The molecule has 0 saturated carbocycles. The second kappa shape index (κ2) is 5.35. The lowest BCUT2D eigenvalue weighted by atomic mass is 10.2. The van der Waals surface area contributed by atoms with Gasteiger partial charge in [-0.05, 0) is 49.9 Å². The normalized spacial score (nSPS) is 20.2. The maximum Gasteiger partial charge on any atom is 0.322 e. The van der Waals surface area contributed by atoms with E-state index in [1.54, 1.807) is 19.9 Å². The molecule has 1 aromatic carbocycles. The van der Waals surface area contributed by atoms with Crippen molar-refractivity contribution >= 4 is 27.6 Å². The van der Waals surface area contributed by atoms with Gasteiger partial charge in [0, 0.05) is 11.6 Å². The molecule has 0 aliphatic carbocycles. The van der Waals surface area contributed by atoms with Crippen LogP contribution >= 0.6 is 11.6 Å². The monoisotopic (exact) mass is 317 g/mol. The molecule has 1 aliphatic rings. The van der Waals surface area contributed by atoms with Gasteiger partial charge in [0.2, 0.25) is 10.0 Å². The van der Waals surface area contributed by atoms with Gasteiger partial charge in [-0.3, -0.25) is 4.79 Å². The summed E-state index contributed by atoms with van der Waals surface area (Å²) in [6.45, 7) is 3.61. The van der Waals surface area contributed by atoms with Crippen LogP contribution in [0.2, 0.25) is 5.02 Å². The van der Waals surface area contributed by atoms with Crippen molar-refractivity contribution in [3.05, 3.63) is 28.3 Å². The molecule has 1 N–H and O–H groups in total. The maximum absolute atomic E-state index is 12.7. The first-order valence-electron chi connectivity index (χ1n) is 6.26. The van der Waals surface area contributed by atoms with Gasteiger partial charge in [0.25, 0.3) is 0 Å². The number of hydrogen-bond acceptors (Lipinski definition) is 3. The number of benzene rings is 1. The van der Waals surface area contributed by atoms with E-state index in [0.717, 1.165) is 4.31 Å². The third-order valence-electron chi connectivity index (χ3n) is 3.53. The topological polar surface area (TPSA) is 74.7 Å². The molecular formula is C13H16ClNO4S. The summed E-state index contributed by atoms with van der Waals surface area (Å²) in [6.07, 6.45) is 0.905. The molecule has 20 heavy (non-hydrogen) atoms. The largest absolute Gasteiger partial charge is 0.480 e. The summed E-state index contributed by atoms with van der Waals surface area (Å²) in [5.74, 6) is -1.10. The molecule has 0 bridgehead atoms. The fraction of sp³-hybridized carbons (Fsp3) is 0.462. The van der Waals surface area contributed by atoms with Crippen LogP contribution < -0.4 is 0 Å². The highest BCUT2D eigenvalue weighted by Crippen LogP contribution is 2.30. The van der Waals surface area contributed by atoms with Crippen molar-refractivity contribution in [3.8, 4) is 0 Å². The molecule has 2 rings (SSSR count). The van der Waals surface area contributed by atoms with Crippen LogP contribution in [0.4, 0.5) is 0 Å². The van der Waals surface area contributed by atoms with Crippen molar-refractivity contribution in [1.29, 1.82) is 0 Å². The highest BCUT2D eigenvalue weighted by molar-refractivity contribution is 7.89. The van der Waals surface area contributed by atoms with Crippen LogP contribution in [0.3, 0.4) is 0 Å².